The molecule has 0 saturated carbocycles. The summed E-state index contributed by atoms with van der Waals surface area (Å²) in [6.07, 6.45) is -6.65. The Hall–Kier alpha value is -2.64. The third-order valence-corrected chi connectivity index (χ3v) is 9.20. The number of nitrogens with zero attached hydrogens (tertiary/aromatic N) is 2. The Kier molecular flexibility index (Phi) is 17.8. The first-order chi connectivity index (χ1) is 22.6. The molecule has 1 aliphatic rings. The number of imide groups is 1. The topological polar surface area (TPSA) is 167 Å². The molecule has 1 fully saturated rings. The van der Waals surface area contributed by atoms with Gasteiger partial charge in [-0.2, -0.15) is 26.3 Å². The van der Waals surface area contributed by atoms with Crippen molar-refractivity contribution in [2.75, 3.05) is 26.2 Å². The van der Waals surface area contributed by atoms with E-state index in [9.17, 15) is 35.9 Å². The van der Waals surface area contributed by atoms with Crippen molar-refractivity contribution in [3.05, 3.63) is 66.5 Å². The summed E-state index contributed by atoms with van der Waals surface area (Å²) in [6.45, 7) is 1.81. The minimum absolute atomic E-state index is 0.203. The summed E-state index contributed by atoms with van der Waals surface area (Å²) in [5, 5.41) is 15.4. The number of carbonyl (C=O) groups is 4. The highest BCUT2D eigenvalue weighted by molar-refractivity contribution is 9.10. The average Bonchev–Trinajstić information content (AvgIpc) is 3.17. The summed E-state index contributed by atoms with van der Waals surface area (Å²) in [5.41, 5.74) is 12.0. The van der Waals surface area contributed by atoms with E-state index in [0.29, 0.717) is 61.9 Å². The zero-order chi connectivity index (χ0) is 37.7. The van der Waals surface area contributed by atoms with Gasteiger partial charge >= 0.3 is 30.3 Å². The molecule has 1 heterocycles. The Morgan fingerprint density at radius 3 is 1.43 bits per heavy atom. The number of benzene rings is 2. The van der Waals surface area contributed by atoms with E-state index in [4.69, 9.17) is 54.5 Å². The van der Waals surface area contributed by atoms with E-state index in [0.717, 1.165) is 32.9 Å². The van der Waals surface area contributed by atoms with Gasteiger partial charge in [-0.05, 0) is 106 Å². The number of urea groups is 1. The van der Waals surface area contributed by atoms with Gasteiger partial charge in [0.2, 0.25) is 0 Å². The van der Waals surface area contributed by atoms with Gasteiger partial charge in [-0.25, -0.2) is 14.4 Å². The van der Waals surface area contributed by atoms with E-state index in [1.54, 1.807) is 4.90 Å². The fourth-order valence-corrected chi connectivity index (χ4v) is 5.40. The molecular weight excluding hydrogens is 845 g/mol. The van der Waals surface area contributed by atoms with Crippen molar-refractivity contribution in [2.45, 2.75) is 56.4 Å². The molecule has 10 nitrogen and oxygen atoms in total. The van der Waals surface area contributed by atoms with E-state index in [1.807, 2.05) is 36.4 Å². The fourth-order valence-electron chi connectivity index (χ4n) is 4.50. The molecule has 6 N–H and O–H groups in total. The minimum Gasteiger partial charge on any atom is -0.475 e. The number of hydrogen-bond donors (Lipinski definition) is 4. The standard InChI is InChI=1S/C25H30Br2Cl2N4O2.2C2HF3O2/c26-19-7-5-17(13-21(19)28)15-25(16-18-6-8-20(27)22(29)14-18)23(34)32(11-3-1-9-30)24(35)33(25)12-4-2-10-31;2*3-2(4,5)1(6)7/h5-8,13-14H,1-4,9-12,15-16,30-31H2;2*(H,6,7). The lowest BCUT2D eigenvalue weighted by molar-refractivity contribution is -0.193. The van der Waals surface area contributed by atoms with Gasteiger partial charge in [0.15, 0.2) is 0 Å². The Bertz CT molecular complexity index is 1390. The van der Waals surface area contributed by atoms with Gasteiger partial charge in [0.25, 0.3) is 5.91 Å². The number of carboxylic acids is 2. The second-order valence-electron chi connectivity index (χ2n) is 10.4. The summed E-state index contributed by atoms with van der Waals surface area (Å²) in [4.78, 5) is 48.7. The Labute approximate surface area is 303 Å². The van der Waals surface area contributed by atoms with Crippen molar-refractivity contribution in [2.24, 2.45) is 11.5 Å². The third-order valence-electron chi connectivity index (χ3n) is 6.74. The molecule has 274 valence electrons. The average molecular weight is 877 g/mol. The van der Waals surface area contributed by atoms with Crippen molar-refractivity contribution >= 4 is 78.9 Å². The highest BCUT2D eigenvalue weighted by atomic mass is 79.9. The predicted molar refractivity (Wildman–Crippen MR) is 176 cm³/mol. The number of carboxylic acid groups (broad SMARTS) is 2. The molecule has 3 amide bonds. The number of hydrogen-bond acceptors (Lipinski definition) is 6. The van der Waals surface area contributed by atoms with Crippen molar-refractivity contribution < 1.29 is 55.7 Å². The van der Waals surface area contributed by atoms with Crippen molar-refractivity contribution in [1.82, 2.24) is 9.80 Å². The minimum atomic E-state index is -5.08. The van der Waals surface area contributed by atoms with Crippen LogP contribution in [0.25, 0.3) is 0 Å². The van der Waals surface area contributed by atoms with Crippen LogP contribution in [-0.4, -0.2) is 88.0 Å². The largest absolute Gasteiger partial charge is 0.490 e. The summed E-state index contributed by atoms with van der Waals surface area (Å²) in [5.74, 6) is -5.72. The highest BCUT2D eigenvalue weighted by Gasteiger charge is 2.56. The molecule has 0 atom stereocenters. The van der Waals surface area contributed by atoms with Crippen LogP contribution >= 0.6 is 55.1 Å². The van der Waals surface area contributed by atoms with Crippen LogP contribution in [0.5, 0.6) is 0 Å². The molecule has 20 heteroatoms. The molecule has 49 heavy (non-hydrogen) atoms. The van der Waals surface area contributed by atoms with Gasteiger partial charge in [-0.15, -0.1) is 0 Å². The number of halogens is 10. The first kappa shape index (κ1) is 44.4. The third kappa shape index (κ3) is 13.5. The van der Waals surface area contributed by atoms with Crippen LogP contribution in [0.4, 0.5) is 31.1 Å². The maximum absolute atomic E-state index is 14.1. The summed E-state index contributed by atoms with van der Waals surface area (Å²) < 4.78 is 65.0. The number of nitrogens with two attached hydrogens (primary N) is 2. The van der Waals surface area contributed by atoms with E-state index in [2.05, 4.69) is 31.9 Å². The predicted octanol–water partition coefficient (Wildman–Crippen LogP) is 7.05. The van der Waals surface area contributed by atoms with E-state index in [-0.39, 0.29) is 11.9 Å². The summed E-state index contributed by atoms with van der Waals surface area (Å²) in [7, 11) is 0. The smallest absolute Gasteiger partial charge is 0.475 e. The first-order valence-corrected chi connectivity index (χ1v) is 16.5. The number of rotatable bonds is 12. The SMILES string of the molecule is NCCCCN1C(=O)N(CCCCN)C(Cc2ccc(Br)c(Cl)c2)(Cc2ccc(Br)c(Cl)c2)C1=O.O=C(O)C(F)(F)F.O=C(O)C(F)(F)F. The Balaban J connectivity index is 0.000000717. The lowest BCUT2D eigenvalue weighted by Gasteiger charge is -2.36. The van der Waals surface area contributed by atoms with Crippen LogP contribution in [0, 0.1) is 0 Å². The van der Waals surface area contributed by atoms with Crippen LogP contribution in [0.2, 0.25) is 10.0 Å². The summed E-state index contributed by atoms with van der Waals surface area (Å²) >= 11 is 19.6. The molecular formula is C29H32Br2Cl2F6N4O6. The summed E-state index contributed by atoms with van der Waals surface area (Å²) in [6, 6.07) is 11.0. The van der Waals surface area contributed by atoms with Gasteiger partial charge in [0.05, 0.1) is 10.0 Å². The second kappa shape index (κ2) is 19.7. The van der Waals surface area contributed by atoms with E-state index in [1.165, 1.54) is 4.90 Å². The number of aliphatic carboxylic acids is 2. The molecule has 0 bridgehead atoms. The molecule has 0 unspecified atom stereocenters. The fraction of sp³-hybridized carbons (Fsp3) is 0.448. The van der Waals surface area contributed by atoms with Crippen LogP contribution in [0.3, 0.4) is 0 Å². The zero-order valence-corrected chi connectivity index (χ0v) is 30.1. The van der Waals surface area contributed by atoms with E-state index >= 15 is 0 Å². The molecule has 0 radical (unpaired) electrons. The molecule has 2 aromatic carbocycles. The number of amides is 3. The molecule has 1 saturated heterocycles. The quantitative estimate of drug-likeness (QED) is 0.100. The van der Waals surface area contributed by atoms with Crippen LogP contribution in [0.15, 0.2) is 45.3 Å². The second-order valence-corrected chi connectivity index (χ2v) is 12.9. The van der Waals surface area contributed by atoms with E-state index < -0.39 is 29.8 Å². The molecule has 2 aromatic rings. The lowest BCUT2D eigenvalue weighted by atomic mass is 9.83. The van der Waals surface area contributed by atoms with Crippen LogP contribution in [0.1, 0.15) is 36.8 Å². The van der Waals surface area contributed by atoms with Crippen molar-refractivity contribution in [3.8, 4) is 0 Å². The van der Waals surface area contributed by atoms with Crippen molar-refractivity contribution in [1.29, 1.82) is 0 Å². The molecule has 3 rings (SSSR count). The maximum atomic E-state index is 14.1. The van der Waals surface area contributed by atoms with Gasteiger partial charge in [-0.3, -0.25) is 9.69 Å². The van der Waals surface area contributed by atoms with Crippen molar-refractivity contribution in [3.63, 3.8) is 0 Å². The zero-order valence-electron chi connectivity index (χ0n) is 25.4. The molecule has 0 spiro atoms. The molecule has 1 aliphatic heterocycles. The van der Waals surface area contributed by atoms with Gasteiger partial charge in [0, 0.05) is 34.9 Å². The highest BCUT2D eigenvalue weighted by Crippen LogP contribution is 2.38. The Morgan fingerprint density at radius 1 is 0.735 bits per heavy atom. The van der Waals surface area contributed by atoms with Crippen LogP contribution < -0.4 is 11.5 Å². The maximum Gasteiger partial charge on any atom is 0.490 e. The van der Waals surface area contributed by atoms with Crippen LogP contribution in [-0.2, 0) is 27.2 Å². The lowest BCUT2D eigenvalue weighted by Crippen LogP contribution is -2.53. The number of carbonyl (C=O) groups excluding carboxylic acids is 2. The first-order valence-electron chi connectivity index (χ1n) is 14.1. The Morgan fingerprint density at radius 2 is 1.10 bits per heavy atom. The van der Waals surface area contributed by atoms with Gasteiger partial charge < -0.3 is 26.6 Å². The number of alkyl halides is 6. The monoisotopic (exact) mass is 874 g/mol. The normalized spacial score (nSPS) is 14.2. The molecule has 0 aromatic heterocycles. The van der Waals surface area contributed by atoms with Gasteiger partial charge in [-0.1, -0.05) is 35.3 Å². The number of unbranched alkanes of at least 4 members (excludes halogenated alkanes) is 2. The molecule has 0 aliphatic carbocycles. The van der Waals surface area contributed by atoms with Gasteiger partial charge in [0.1, 0.15) is 5.54 Å².